The number of methoxy groups -OCH3 is 1. The molecule has 0 saturated heterocycles. The van der Waals surface area contributed by atoms with Crippen LogP contribution in [0.25, 0.3) is 0 Å². The van der Waals surface area contributed by atoms with Crippen molar-refractivity contribution in [2.24, 2.45) is 11.7 Å². The molecule has 1 saturated carbocycles. The lowest BCUT2D eigenvalue weighted by Crippen LogP contribution is -2.12. The smallest absolute Gasteiger partial charge is 0.163 e. The van der Waals surface area contributed by atoms with Crippen LogP contribution in [0.5, 0.6) is 11.5 Å². The Bertz CT molecular complexity index is 391. The van der Waals surface area contributed by atoms with Gasteiger partial charge in [-0.2, -0.15) is 0 Å². The highest BCUT2D eigenvalue weighted by molar-refractivity contribution is 9.10. The summed E-state index contributed by atoms with van der Waals surface area (Å²) >= 11 is 3.43. The molecule has 0 spiro atoms. The van der Waals surface area contributed by atoms with Crippen LogP contribution in [0.2, 0.25) is 0 Å². The maximum absolute atomic E-state index is 10.0. The van der Waals surface area contributed by atoms with Crippen LogP contribution in [0, 0.1) is 5.92 Å². The van der Waals surface area contributed by atoms with E-state index in [9.17, 15) is 5.11 Å². The first-order valence-corrected chi connectivity index (χ1v) is 6.23. The molecule has 0 bridgehead atoms. The molecule has 1 aliphatic rings. The first kappa shape index (κ1) is 11.7. The van der Waals surface area contributed by atoms with Crippen LogP contribution in [-0.2, 0) is 0 Å². The van der Waals surface area contributed by atoms with E-state index in [1.807, 2.05) is 6.07 Å². The second-order valence-corrected chi connectivity index (χ2v) is 5.15. The predicted octanol–water partition coefficient (Wildman–Crippen LogP) is 2.96. The van der Waals surface area contributed by atoms with Gasteiger partial charge in [-0.05, 0) is 24.5 Å². The van der Waals surface area contributed by atoms with Gasteiger partial charge in [0.05, 0.1) is 7.11 Å². The minimum Gasteiger partial charge on any atom is -0.504 e. The first-order valence-electron chi connectivity index (χ1n) is 5.44. The van der Waals surface area contributed by atoms with Gasteiger partial charge in [0, 0.05) is 16.1 Å². The van der Waals surface area contributed by atoms with Gasteiger partial charge in [0.2, 0.25) is 0 Å². The number of aromatic hydroxyl groups is 1. The fourth-order valence-electron chi connectivity index (χ4n) is 1.91. The average molecular weight is 286 g/mol. The van der Waals surface area contributed by atoms with Gasteiger partial charge < -0.3 is 15.6 Å². The van der Waals surface area contributed by atoms with Crippen molar-refractivity contribution < 1.29 is 9.84 Å². The molecular weight excluding hydrogens is 270 g/mol. The first-order chi connectivity index (χ1) is 7.63. The third-order valence-electron chi connectivity index (χ3n) is 3.00. The highest BCUT2D eigenvalue weighted by Crippen LogP contribution is 2.43. The van der Waals surface area contributed by atoms with Gasteiger partial charge in [-0.1, -0.05) is 28.8 Å². The highest BCUT2D eigenvalue weighted by atomic mass is 79.9. The number of halogens is 1. The van der Waals surface area contributed by atoms with Gasteiger partial charge in [-0.3, -0.25) is 0 Å². The van der Waals surface area contributed by atoms with Crippen molar-refractivity contribution in [2.45, 2.75) is 25.3 Å². The molecule has 1 fully saturated rings. The zero-order valence-corrected chi connectivity index (χ0v) is 10.8. The van der Waals surface area contributed by atoms with Crippen molar-refractivity contribution in [2.75, 3.05) is 7.11 Å². The Labute approximate surface area is 104 Å². The van der Waals surface area contributed by atoms with Gasteiger partial charge in [0.15, 0.2) is 11.5 Å². The van der Waals surface area contributed by atoms with Crippen molar-refractivity contribution in [1.29, 1.82) is 0 Å². The van der Waals surface area contributed by atoms with E-state index in [0.717, 1.165) is 22.4 Å². The number of hydrogen-bond acceptors (Lipinski definition) is 3. The molecule has 0 aliphatic heterocycles. The molecule has 1 aliphatic carbocycles. The molecule has 2 rings (SSSR count). The average Bonchev–Trinajstić information content (AvgIpc) is 3.02. The highest BCUT2D eigenvalue weighted by Gasteiger charge is 2.27. The summed E-state index contributed by atoms with van der Waals surface area (Å²) < 4.78 is 5.93. The second-order valence-electron chi connectivity index (χ2n) is 4.30. The molecule has 1 aromatic carbocycles. The van der Waals surface area contributed by atoms with Crippen molar-refractivity contribution >= 4 is 15.9 Å². The normalized spacial score (nSPS) is 17.2. The molecule has 0 heterocycles. The van der Waals surface area contributed by atoms with E-state index in [1.165, 1.54) is 12.8 Å². The standard InChI is InChI=1S/C12H16BrNO2/c1-16-10-5-4-8(13)11(12(10)15)9(14)6-7-2-3-7/h4-5,7,9,15H,2-3,6,14H2,1H3/t9-/m0/s1. The third kappa shape index (κ3) is 2.33. The lowest BCUT2D eigenvalue weighted by Gasteiger charge is -2.17. The molecule has 16 heavy (non-hydrogen) atoms. The molecule has 0 amide bonds. The van der Waals surface area contributed by atoms with E-state index in [0.29, 0.717) is 5.75 Å². The Balaban J connectivity index is 2.29. The lowest BCUT2D eigenvalue weighted by molar-refractivity contribution is 0.367. The van der Waals surface area contributed by atoms with E-state index in [2.05, 4.69) is 15.9 Å². The Kier molecular flexibility index (Phi) is 3.40. The SMILES string of the molecule is COc1ccc(Br)c([C@@H](N)CC2CC2)c1O. The number of benzene rings is 1. The zero-order chi connectivity index (χ0) is 11.7. The predicted molar refractivity (Wildman–Crippen MR) is 66.6 cm³/mol. The Morgan fingerprint density at radius 1 is 1.56 bits per heavy atom. The number of rotatable bonds is 4. The van der Waals surface area contributed by atoms with Crippen LogP contribution in [0.1, 0.15) is 30.9 Å². The van der Waals surface area contributed by atoms with E-state index in [4.69, 9.17) is 10.5 Å². The van der Waals surface area contributed by atoms with Crippen LogP contribution in [0.4, 0.5) is 0 Å². The summed E-state index contributed by atoms with van der Waals surface area (Å²) in [4.78, 5) is 0. The number of nitrogens with two attached hydrogens (primary N) is 1. The van der Waals surface area contributed by atoms with Gasteiger partial charge in [-0.25, -0.2) is 0 Å². The van der Waals surface area contributed by atoms with Crippen molar-refractivity contribution in [3.8, 4) is 11.5 Å². The van der Waals surface area contributed by atoms with Crippen LogP contribution >= 0.6 is 15.9 Å². The molecule has 0 unspecified atom stereocenters. The maximum atomic E-state index is 10.0. The summed E-state index contributed by atoms with van der Waals surface area (Å²) in [6, 6.07) is 3.46. The van der Waals surface area contributed by atoms with Gasteiger partial charge in [-0.15, -0.1) is 0 Å². The summed E-state index contributed by atoms with van der Waals surface area (Å²) in [7, 11) is 1.54. The van der Waals surface area contributed by atoms with Gasteiger partial charge >= 0.3 is 0 Å². The van der Waals surface area contributed by atoms with Crippen LogP contribution in [0.15, 0.2) is 16.6 Å². The van der Waals surface area contributed by atoms with E-state index < -0.39 is 0 Å². The third-order valence-corrected chi connectivity index (χ3v) is 3.69. The molecule has 4 heteroatoms. The number of phenols is 1. The van der Waals surface area contributed by atoms with E-state index >= 15 is 0 Å². The van der Waals surface area contributed by atoms with Crippen molar-refractivity contribution in [1.82, 2.24) is 0 Å². The molecule has 3 nitrogen and oxygen atoms in total. The molecule has 88 valence electrons. The van der Waals surface area contributed by atoms with E-state index in [-0.39, 0.29) is 11.8 Å². The number of phenolic OH excluding ortho intramolecular Hbond substituents is 1. The summed E-state index contributed by atoms with van der Waals surface area (Å²) in [6.07, 6.45) is 3.45. The van der Waals surface area contributed by atoms with Crippen molar-refractivity contribution in [3.05, 3.63) is 22.2 Å². The quantitative estimate of drug-likeness (QED) is 0.894. The maximum Gasteiger partial charge on any atom is 0.163 e. The van der Waals surface area contributed by atoms with Gasteiger partial charge in [0.25, 0.3) is 0 Å². The topological polar surface area (TPSA) is 55.5 Å². The Morgan fingerprint density at radius 3 is 2.81 bits per heavy atom. The van der Waals surface area contributed by atoms with Crippen LogP contribution in [-0.4, -0.2) is 12.2 Å². The second kappa shape index (κ2) is 4.63. The molecular formula is C12H16BrNO2. The van der Waals surface area contributed by atoms with Crippen LogP contribution < -0.4 is 10.5 Å². The fourth-order valence-corrected chi connectivity index (χ4v) is 2.53. The monoisotopic (exact) mass is 285 g/mol. The van der Waals surface area contributed by atoms with Crippen molar-refractivity contribution in [3.63, 3.8) is 0 Å². The summed E-state index contributed by atoms with van der Waals surface area (Å²) in [5, 5.41) is 10.0. The Morgan fingerprint density at radius 2 is 2.25 bits per heavy atom. The summed E-state index contributed by atoms with van der Waals surface area (Å²) in [5.74, 6) is 1.36. The minimum atomic E-state index is -0.128. The van der Waals surface area contributed by atoms with Gasteiger partial charge in [0.1, 0.15) is 0 Å². The van der Waals surface area contributed by atoms with Crippen LogP contribution in [0.3, 0.4) is 0 Å². The largest absolute Gasteiger partial charge is 0.504 e. The number of hydrogen-bond donors (Lipinski definition) is 2. The molecule has 0 aromatic heterocycles. The number of ether oxygens (including phenoxy) is 1. The lowest BCUT2D eigenvalue weighted by atomic mass is 10.0. The molecule has 1 aromatic rings. The Hall–Kier alpha value is -0.740. The molecule has 3 N–H and O–H groups in total. The minimum absolute atomic E-state index is 0.128. The fraction of sp³-hybridized carbons (Fsp3) is 0.500. The summed E-state index contributed by atoms with van der Waals surface area (Å²) in [5.41, 5.74) is 6.87. The zero-order valence-electron chi connectivity index (χ0n) is 9.24. The molecule has 1 atom stereocenters. The molecule has 0 radical (unpaired) electrons. The van der Waals surface area contributed by atoms with E-state index in [1.54, 1.807) is 13.2 Å². The summed E-state index contributed by atoms with van der Waals surface area (Å²) in [6.45, 7) is 0.